The van der Waals surface area contributed by atoms with Gasteiger partial charge in [-0.15, -0.1) is 0 Å². The van der Waals surface area contributed by atoms with Crippen LogP contribution in [0.4, 0.5) is 0 Å². The molecule has 142 valence electrons. The molecule has 0 aliphatic rings. The number of nitrogens with one attached hydrogen (secondary N) is 2. The molecule has 25 heavy (non-hydrogen) atoms. The number of hydrogen-bond acceptors (Lipinski definition) is 7. The number of guanidine groups is 1. The minimum absolute atomic E-state index is 0.0591. The van der Waals surface area contributed by atoms with Crippen LogP contribution in [0.2, 0.25) is 0 Å². The molecule has 2 amide bonds. The average Bonchev–Trinajstić information content (AvgIpc) is 2.54. The van der Waals surface area contributed by atoms with Crippen molar-refractivity contribution in [3.63, 3.8) is 0 Å². The second-order valence-corrected chi connectivity index (χ2v) is 5.01. The number of carbonyl (C=O) groups excluding carboxylic acids is 3. The SMILES string of the molecule is COC(=O)[C@H](CC(=O)O)NC(=O)CNC(=O)[C@@H](N)CCCN=C(N)N. The number of methoxy groups -OCH3 is 1. The van der Waals surface area contributed by atoms with Crippen LogP contribution in [0.1, 0.15) is 19.3 Å². The molecule has 0 bridgehead atoms. The molecular weight excluding hydrogens is 336 g/mol. The van der Waals surface area contributed by atoms with Gasteiger partial charge >= 0.3 is 11.9 Å². The Hall–Kier alpha value is -2.89. The van der Waals surface area contributed by atoms with E-state index >= 15 is 0 Å². The molecule has 0 aromatic rings. The minimum Gasteiger partial charge on any atom is -0.481 e. The van der Waals surface area contributed by atoms with Gasteiger partial charge in [0.1, 0.15) is 6.04 Å². The number of nitrogens with zero attached hydrogens (tertiary/aromatic N) is 1. The van der Waals surface area contributed by atoms with Crippen molar-refractivity contribution in [2.45, 2.75) is 31.3 Å². The van der Waals surface area contributed by atoms with Crippen LogP contribution in [0.15, 0.2) is 4.99 Å². The molecule has 12 nitrogen and oxygen atoms in total. The lowest BCUT2D eigenvalue weighted by atomic mass is 10.1. The van der Waals surface area contributed by atoms with Gasteiger partial charge in [0.2, 0.25) is 11.8 Å². The van der Waals surface area contributed by atoms with Crippen molar-refractivity contribution in [2.75, 3.05) is 20.2 Å². The molecule has 0 aliphatic heterocycles. The minimum atomic E-state index is -1.35. The molecule has 0 saturated carbocycles. The summed E-state index contributed by atoms with van der Waals surface area (Å²) in [5.74, 6) is -3.58. The molecule has 0 aliphatic carbocycles. The number of nitrogens with two attached hydrogens (primary N) is 3. The van der Waals surface area contributed by atoms with Crippen LogP contribution >= 0.6 is 0 Å². The average molecular weight is 360 g/mol. The molecule has 9 N–H and O–H groups in total. The van der Waals surface area contributed by atoms with E-state index in [0.29, 0.717) is 19.4 Å². The van der Waals surface area contributed by atoms with Gasteiger partial charge in [0.25, 0.3) is 0 Å². The van der Waals surface area contributed by atoms with Crippen LogP contribution in [0, 0.1) is 0 Å². The molecule has 0 fully saturated rings. The van der Waals surface area contributed by atoms with Crippen molar-refractivity contribution in [3.05, 3.63) is 0 Å². The zero-order valence-electron chi connectivity index (χ0n) is 13.9. The Kier molecular flexibility index (Phi) is 10.3. The lowest BCUT2D eigenvalue weighted by molar-refractivity contribution is -0.149. The Bertz CT molecular complexity index is 519. The van der Waals surface area contributed by atoms with E-state index < -0.39 is 48.8 Å². The van der Waals surface area contributed by atoms with Crippen LogP contribution in [0.5, 0.6) is 0 Å². The number of hydrogen-bond donors (Lipinski definition) is 6. The van der Waals surface area contributed by atoms with E-state index in [1.807, 2.05) is 0 Å². The number of aliphatic imine (C=N–C) groups is 1. The van der Waals surface area contributed by atoms with E-state index in [0.717, 1.165) is 7.11 Å². The summed E-state index contributed by atoms with van der Waals surface area (Å²) >= 11 is 0. The first-order chi connectivity index (χ1) is 11.7. The van der Waals surface area contributed by atoms with E-state index in [4.69, 9.17) is 22.3 Å². The lowest BCUT2D eigenvalue weighted by Gasteiger charge is -2.16. The summed E-state index contributed by atoms with van der Waals surface area (Å²) in [6.45, 7) is -0.145. The molecule has 0 rings (SSSR count). The monoisotopic (exact) mass is 360 g/mol. The third-order valence-electron chi connectivity index (χ3n) is 2.93. The van der Waals surface area contributed by atoms with Crippen molar-refractivity contribution >= 4 is 29.7 Å². The zero-order chi connectivity index (χ0) is 19.4. The molecule has 12 heteroatoms. The van der Waals surface area contributed by atoms with Gasteiger partial charge in [-0.25, -0.2) is 4.79 Å². The largest absolute Gasteiger partial charge is 0.481 e. The molecule has 0 aromatic carbocycles. The summed E-state index contributed by atoms with van der Waals surface area (Å²) in [6, 6.07) is -2.21. The van der Waals surface area contributed by atoms with Gasteiger partial charge in [0, 0.05) is 6.54 Å². The van der Waals surface area contributed by atoms with Crippen LogP contribution in [-0.4, -0.2) is 67.1 Å². The van der Waals surface area contributed by atoms with E-state index in [2.05, 4.69) is 20.4 Å². The zero-order valence-corrected chi connectivity index (χ0v) is 13.9. The number of ether oxygens (including phenoxy) is 1. The van der Waals surface area contributed by atoms with Crippen LogP contribution in [-0.2, 0) is 23.9 Å². The number of carboxylic acids is 1. The maximum atomic E-state index is 11.7. The molecular formula is C13H24N6O6. The van der Waals surface area contributed by atoms with Crippen LogP contribution < -0.4 is 27.8 Å². The summed E-state index contributed by atoms with van der Waals surface area (Å²) in [5, 5.41) is 13.1. The van der Waals surface area contributed by atoms with Crippen molar-refractivity contribution in [1.29, 1.82) is 0 Å². The van der Waals surface area contributed by atoms with Crippen molar-refractivity contribution in [1.82, 2.24) is 10.6 Å². The Morgan fingerprint density at radius 1 is 1.24 bits per heavy atom. The molecule has 0 radical (unpaired) electrons. The Balaban J connectivity index is 4.28. The highest BCUT2D eigenvalue weighted by Crippen LogP contribution is 1.97. The fourth-order valence-electron chi connectivity index (χ4n) is 1.70. The number of carbonyl (C=O) groups is 4. The predicted octanol–water partition coefficient (Wildman–Crippen LogP) is -3.38. The fraction of sp³-hybridized carbons (Fsp3) is 0.615. The number of rotatable bonds is 11. The summed E-state index contributed by atoms with van der Waals surface area (Å²) in [6.07, 6.45) is 0.131. The van der Waals surface area contributed by atoms with Gasteiger partial charge in [0.15, 0.2) is 5.96 Å². The second kappa shape index (κ2) is 11.6. The highest BCUT2D eigenvalue weighted by Gasteiger charge is 2.24. The Morgan fingerprint density at radius 2 is 1.88 bits per heavy atom. The topological polar surface area (TPSA) is 212 Å². The smallest absolute Gasteiger partial charge is 0.328 e. The highest BCUT2D eigenvalue weighted by atomic mass is 16.5. The van der Waals surface area contributed by atoms with E-state index in [1.165, 1.54) is 0 Å². The van der Waals surface area contributed by atoms with Crippen LogP contribution in [0.25, 0.3) is 0 Å². The van der Waals surface area contributed by atoms with Crippen molar-refractivity contribution in [3.8, 4) is 0 Å². The summed E-state index contributed by atoms with van der Waals surface area (Å²) in [4.78, 5) is 49.2. The van der Waals surface area contributed by atoms with Crippen molar-refractivity contribution in [2.24, 2.45) is 22.2 Å². The van der Waals surface area contributed by atoms with Gasteiger partial charge in [-0.05, 0) is 12.8 Å². The Labute approximate surface area is 144 Å². The molecule has 0 saturated heterocycles. The molecule has 0 unspecified atom stereocenters. The van der Waals surface area contributed by atoms with E-state index in [9.17, 15) is 19.2 Å². The van der Waals surface area contributed by atoms with Gasteiger partial charge in [-0.2, -0.15) is 0 Å². The summed E-state index contributed by atoms with van der Waals surface area (Å²) < 4.78 is 4.40. The molecule has 0 spiro atoms. The van der Waals surface area contributed by atoms with Gasteiger partial charge in [-0.3, -0.25) is 19.4 Å². The number of carboxylic acid groups (broad SMARTS) is 1. The summed E-state index contributed by atoms with van der Waals surface area (Å²) in [7, 11) is 1.06. The maximum absolute atomic E-state index is 11.7. The normalized spacial score (nSPS) is 12.4. The van der Waals surface area contributed by atoms with Gasteiger partial charge < -0.3 is 37.7 Å². The fourth-order valence-corrected chi connectivity index (χ4v) is 1.70. The molecule has 2 atom stereocenters. The van der Waals surface area contributed by atoms with Gasteiger partial charge in [-0.1, -0.05) is 0 Å². The third-order valence-corrected chi connectivity index (χ3v) is 2.93. The Morgan fingerprint density at radius 3 is 2.40 bits per heavy atom. The first kappa shape index (κ1) is 22.1. The van der Waals surface area contributed by atoms with E-state index in [-0.39, 0.29) is 5.96 Å². The second-order valence-electron chi connectivity index (χ2n) is 5.01. The lowest BCUT2D eigenvalue weighted by Crippen LogP contribution is -2.49. The predicted molar refractivity (Wildman–Crippen MR) is 87.1 cm³/mol. The number of esters is 1. The standard InChI is InChI=1S/C13H24N6O6/c1-25-12(24)8(5-10(21)22)19-9(20)6-18-11(23)7(14)3-2-4-17-13(15)16/h7-8H,2-6,14H2,1H3,(H,18,23)(H,19,20)(H,21,22)(H4,15,16,17)/t7-,8-/m0/s1. The van der Waals surface area contributed by atoms with Crippen LogP contribution in [0.3, 0.4) is 0 Å². The van der Waals surface area contributed by atoms with E-state index in [1.54, 1.807) is 0 Å². The number of amides is 2. The molecule has 0 aromatic heterocycles. The quantitative estimate of drug-likeness (QED) is 0.0936. The first-order valence-corrected chi connectivity index (χ1v) is 7.35. The maximum Gasteiger partial charge on any atom is 0.328 e. The number of aliphatic carboxylic acids is 1. The van der Waals surface area contributed by atoms with Crippen molar-refractivity contribution < 1.29 is 29.0 Å². The molecule has 0 heterocycles. The van der Waals surface area contributed by atoms with Gasteiger partial charge in [0.05, 0.1) is 26.1 Å². The summed E-state index contributed by atoms with van der Waals surface area (Å²) in [5.41, 5.74) is 16.0. The first-order valence-electron chi connectivity index (χ1n) is 7.35. The third kappa shape index (κ3) is 10.5. The highest BCUT2D eigenvalue weighted by molar-refractivity contribution is 5.91.